The SMILES string of the molecule is Cc1ccc(C2(C(=O)Nc3ccc(OCCCN4CCC[C@@H](C)C4)cc3)CCCC2)cc1. The normalized spacial score (nSPS) is 20.8. The van der Waals surface area contributed by atoms with Gasteiger partial charge < -0.3 is 15.0 Å². The molecule has 172 valence electrons. The number of likely N-dealkylation sites (tertiary alicyclic amines) is 1. The topological polar surface area (TPSA) is 41.6 Å². The lowest BCUT2D eigenvalue weighted by Gasteiger charge is -2.30. The molecule has 1 saturated carbocycles. The van der Waals surface area contributed by atoms with Gasteiger partial charge in [-0.3, -0.25) is 4.79 Å². The number of rotatable bonds is 8. The first-order valence-electron chi connectivity index (χ1n) is 12.4. The molecule has 1 heterocycles. The minimum atomic E-state index is -0.408. The molecule has 1 atom stereocenters. The van der Waals surface area contributed by atoms with Crippen LogP contribution in [-0.2, 0) is 10.2 Å². The third kappa shape index (κ3) is 5.53. The Morgan fingerprint density at radius 2 is 1.78 bits per heavy atom. The van der Waals surface area contributed by atoms with Crippen molar-refractivity contribution >= 4 is 11.6 Å². The molecule has 4 heteroatoms. The summed E-state index contributed by atoms with van der Waals surface area (Å²) in [7, 11) is 0. The van der Waals surface area contributed by atoms with E-state index in [0.29, 0.717) is 0 Å². The summed E-state index contributed by atoms with van der Waals surface area (Å²) >= 11 is 0. The first kappa shape index (κ1) is 22.8. The fourth-order valence-corrected chi connectivity index (χ4v) is 5.35. The van der Waals surface area contributed by atoms with Gasteiger partial charge in [-0.25, -0.2) is 0 Å². The third-order valence-electron chi connectivity index (χ3n) is 7.24. The molecular formula is C28H38N2O2. The Hall–Kier alpha value is -2.33. The molecule has 0 aromatic heterocycles. The van der Waals surface area contributed by atoms with Crippen LogP contribution in [-0.4, -0.2) is 37.0 Å². The maximum Gasteiger partial charge on any atom is 0.235 e. The highest BCUT2D eigenvalue weighted by atomic mass is 16.5. The lowest BCUT2D eigenvalue weighted by atomic mass is 9.77. The Balaban J connectivity index is 1.29. The number of carbonyl (C=O) groups excluding carboxylic acids is 1. The molecule has 1 amide bonds. The van der Waals surface area contributed by atoms with Crippen LogP contribution in [0.25, 0.3) is 0 Å². The van der Waals surface area contributed by atoms with E-state index >= 15 is 0 Å². The van der Waals surface area contributed by atoms with E-state index in [2.05, 4.69) is 48.3 Å². The molecule has 1 N–H and O–H groups in total. The number of nitrogens with one attached hydrogen (secondary N) is 1. The van der Waals surface area contributed by atoms with Gasteiger partial charge in [0.25, 0.3) is 0 Å². The van der Waals surface area contributed by atoms with E-state index in [1.807, 2.05) is 24.3 Å². The van der Waals surface area contributed by atoms with E-state index in [9.17, 15) is 4.79 Å². The monoisotopic (exact) mass is 434 g/mol. The number of carbonyl (C=O) groups is 1. The molecule has 1 aliphatic carbocycles. The van der Waals surface area contributed by atoms with Gasteiger partial charge in [-0.2, -0.15) is 0 Å². The van der Waals surface area contributed by atoms with E-state index < -0.39 is 5.41 Å². The predicted octanol–water partition coefficient (Wildman–Crippen LogP) is 5.95. The molecule has 2 aromatic rings. The Morgan fingerprint density at radius 3 is 2.47 bits per heavy atom. The lowest BCUT2D eigenvalue weighted by Crippen LogP contribution is -2.38. The fraction of sp³-hybridized carbons (Fsp3) is 0.536. The summed E-state index contributed by atoms with van der Waals surface area (Å²) in [5.74, 6) is 1.80. The molecule has 4 rings (SSSR count). The zero-order valence-electron chi connectivity index (χ0n) is 19.7. The second-order valence-corrected chi connectivity index (χ2v) is 9.88. The average molecular weight is 435 g/mol. The summed E-state index contributed by atoms with van der Waals surface area (Å²) in [6.45, 7) is 8.72. The molecule has 0 unspecified atom stereocenters. The number of aryl methyl sites for hydroxylation is 1. The maximum atomic E-state index is 13.3. The molecule has 1 aliphatic heterocycles. The number of nitrogens with zero attached hydrogens (tertiary/aromatic N) is 1. The summed E-state index contributed by atoms with van der Waals surface area (Å²) in [4.78, 5) is 15.9. The standard InChI is InChI=1S/C28H38N2O2/c1-22-8-10-24(11-9-22)28(16-3-4-17-28)27(31)29-25-12-14-26(15-13-25)32-20-6-19-30-18-5-7-23(2)21-30/h8-15,23H,3-7,16-21H2,1-2H3,(H,29,31)/t23-/m1/s1. The van der Waals surface area contributed by atoms with E-state index in [1.165, 1.54) is 31.5 Å². The molecule has 4 nitrogen and oxygen atoms in total. The van der Waals surface area contributed by atoms with Gasteiger partial charge >= 0.3 is 0 Å². The number of benzene rings is 2. The van der Waals surface area contributed by atoms with Crippen LogP contribution in [0, 0.1) is 12.8 Å². The van der Waals surface area contributed by atoms with Gasteiger partial charge in [0.05, 0.1) is 12.0 Å². The smallest absolute Gasteiger partial charge is 0.235 e. The zero-order chi connectivity index (χ0) is 22.4. The van der Waals surface area contributed by atoms with Crippen LogP contribution >= 0.6 is 0 Å². The fourth-order valence-electron chi connectivity index (χ4n) is 5.35. The van der Waals surface area contributed by atoms with Gasteiger partial charge in [-0.15, -0.1) is 0 Å². The van der Waals surface area contributed by atoms with Crippen LogP contribution in [0.15, 0.2) is 48.5 Å². The van der Waals surface area contributed by atoms with Crippen molar-refractivity contribution in [3.63, 3.8) is 0 Å². The summed E-state index contributed by atoms with van der Waals surface area (Å²) in [6, 6.07) is 16.3. The van der Waals surface area contributed by atoms with Crippen LogP contribution < -0.4 is 10.1 Å². The maximum absolute atomic E-state index is 13.3. The molecule has 0 spiro atoms. The van der Waals surface area contributed by atoms with Crippen LogP contribution in [0.2, 0.25) is 0 Å². The molecule has 32 heavy (non-hydrogen) atoms. The Bertz CT molecular complexity index is 869. The highest BCUT2D eigenvalue weighted by Crippen LogP contribution is 2.42. The zero-order valence-corrected chi connectivity index (χ0v) is 19.7. The molecule has 2 aliphatic rings. The van der Waals surface area contributed by atoms with Crippen molar-refractivity contribution < 1.29 is 9.53 Å². The number of piperidine rings is 1. The second kappa shape index (κ2) is 10.5. The number of hydrogen-bond donors (Lipinski definition) is 1. The largest absolute Gasteiger partial charge is 0.494 e. The third-order valence-corrected chi connectivity index (χ3v) is 7.24. The van der Waals surface area contributed by atoms with Crippen molar-refractivity contribution in [1.29, 1.82) is 0 Å². The molecule has 0 bridgehead atoms. The van der Waals surface area contributed by atoms with Gasteiger partial charge in [0, 0.05) is 18.8 Å². The highest BCUT2D eigenvalue weighted by Gasteiger charge is 2.42. The number of ether oxygens (including phenoxy) is 1. The molecule has 2 fully saturated rings. The Morgan fingerprint density at radius 1 is 1.06 bits per heavy atom. The number of anilines is 1. The summed E-state index contributed by atoms with van der Waals surface area (Å²) in [5, 5.41) is 3.18. The van der Waals surface area contributed by atoms with Crippen molar-refractivity contribution in [3.8, 4) is 5.75 Å². The Kier molecular flexibility index (Phi) is 7.51. The lowest BCUT2D eigenvalue weighted by molar-refractivity contribution is -0.121. The van der Waals surface area contributed by atoms with Crippen molar-refractivity contribution in [2.75, 3.05) is 31.6 Å². The van der Waals surface area contributed by atoms with Gasteiger partial charge in [-0.1, -0.05) is 49.6 Å². The van der Waals surface area contributed by atoms with Gasteiger partial charge in [0.15, 0.2) is 0 Å². The van der Waals surface area contributed by atoms with E-state index in [-0.39, 0.29) is 5.91 Å². The van der Waals surface area contributed by atoms with Gasteiger partial charge in [-0.05, 0) is 81.3 Å². The van der Waals surface area contributed by atoms with Crippen molar-refractivity contribution in [3.05, 3.63) is 59.7 Å². The minimum absolute atomic E-state index is 0.114. The van der Waals surface area contributed by atoms with Gasteiger partial charge in [0.2, 0.25) is 5.91 Å². The molecule has 0 radical (unpaired) electrons. The van der Waals surface area contributed by atoms with Gasteiger partial charge in [0.1, 0.15) is 5.75 Å². The van der Waals surface area contributed by atoms with E-state index in [4.69, 9.17) is 4.74 Å². The quantitative estimate of drug-likeness (QED) is 0.522. The number of amides is 1. The minimum Gasteiger partial charge on any atom is -0.494 e. The summed E-state index contributed by atoms with van der Waals surface area (Å²) in [5.41, 5.74) is 2.79. The van der Waals surface area contributed by atoms with Crippen molar-refractivity contribution in [1.82, 2.24) is 4.90 Å². The van der Waals surface area contributed by atoms with Crippen molar-refractivity contribution in [2.24, 2.45) is 5.92 Å². The summed E-state index contributed by atoms with van der Waals surface area (Å²) in [6.07, 6.45) is 7.76. The molecule has 2 aromatic carbocycles. The van der Waals surface area contributed by atoms with E-state index in [1.54, 1.807) is 0 Å². The molecular weight excluding hydrogens is 396 g/mol. The van der Waals surface area contributed by atoms with Crippen molar-refractivity contribution in [2.45, 2.75) is 64.2 Å². The predicted molar refractivity (Wildman–Crippen MR) is 131 cm³/mol. The first-order valence-corrected chi connectivity index (χ1v) is 12.4. The van der Waals surface area contributed by atoms with Crippen LogP contribution in [0.4, 0.5) is 5.69 Å². The second-order valence-electron chi connectivity index (χ2n) is 9.88. The number of hydrogen-bond acceptors (Lipinski definition) is 3. The first-order chi connectivity index (χ1) is 15.5. The molecule has 1 saturated heterocycles. The summed E-state index contributed by atoms with van der Waals surface area (Å²) < 4.78 is 5.94. The van der Waals surface area contributed by atoms with Crippen LogP contribution in [0.5, 0.6) is 5.75 Å². The average Bonchev–Trinajstić information content (AvgIpc) is 3.30. The highest BCUT2D eigenvalue weighted by molar-refractivity contribution is 5.99. The Labute approximate surface area is 193 Å². The van der Waals surface area contributed by atoms with Crippen LogP contribution in [0.1, 0.15) is 63.0 Å². The van der Waals surface area contributed by atoms with Crippen LogP contribution in [0.3, 0.4) is 0 Å². The van der Waals surface area contributed by atoms with E-state index in [0.717, 1.165) is 68.2 Å².